The molecular weight excluding hydrogens is 448 g/mol. The first-order valence-electron chi connectivity index (χ1n) is 8.55. The molecule has 0 spiro atoms. The number of rotatable bonds is 3. The zero-order chi connectivity index (χ0) is 16.6. The van der Waals surface area contributed by atoms with Gasteiger partial charge in [-0.15, -0.1) is 80.7 Å². The molecule has 0 atom stereocenters. The average molecular weight is 466 g/mol. The predicted molar refractivity (Wildman–Crippen MR) is 111 cm³/mol. The van der Waals surface area contributed by atoms with Crippen molar-refractivity contribution in [1.82, 2.24) is 0 Å². The van der Waals surface area contributed by atoms with Crippen molar-refractivity contribution in [3.8, 4) is 0 Å². The molecule has 0 aliphatic carbocycles. The fourth-order valence-electron chi connectivity index (χ4n) is 3.55. The van der Waals surface area contributed by atoms with Crippen LogP contribution in [-0.4, -0.2) is 0 Å². The van der Waals surface area contributed by atoms with Gasteiger partial charge in [-0.05, 0) is 5.30 Å². The van der Waals surface area contributed by atoms with Gasteiger partial charge in [0.05, 0.1) is 0 Å². The van der Waals surface area contributed by atoms with Crippen molar-refractivity contribution in [2.75, 3.05) is 0 Å². The van der Waals surface area contributed by atoms with E-state index in [-0.39, 0.29) is 35.6 Å². The van der Waals surface area contributed by atoms with E-state index < -0.39 is 7.92 Å². The van der Waals surface area contributed by atoms with Gasteiger partial charge in [0.1, 0.15) is 0 Å². The molecule has 5 aromatic carbocycles. The minimum Gasteiger partial charge on any atom is -1.00 e. The van der Waals surface area contributed by atoms with Crippen molar-refractivity contribution >= 4 is 45.4 Å². The quantitative estimate of drug-likeness (QED) is 0.242. The SMILES string of the molecule is [F-].[F-].[Zr+4].c1ccc(P(c2cc3ccccc3[cH-]2)c2cc3ccccc3[cH-]2)cc1. The standard InChI is InChI=1S/C24H17P.2FH.Zr/c1-2-12-22(13-3-1)25(23-14-18-8-4-5-9-19(18)15-23)24-16-20-10-6-7-11-21(20)17-24;;;/h1-17H;2*1H;/q-2;;;+4/p-2. The van der Waals surface area contributed by atoms with Crippen LogP contribution in [0, 0.1) is 0 Å². The summed E-state index contributed by atoms with van der Waals surface area (Å²) < 4.78 is 0. The first kappa shape index (κ1) is 22.3. The Morgan fingerprint density at radius 1 is 0.536 bits per heavy atom. The maximum absolute atomic E-state index is 2.37. The van der Waals surface area contributed by atoms with Gasteiger partial charge in [-0.2, -0.15) is 12.1 Å². The second kappa shape index (κ2) is 9.50. The molecule has 0 saturated carbocycles. The molecule has 0 saturated heterocycles. The van der Waals surface area contributed by atoms with Crippen molar-refractivity contribution in [3.05, 3.63) is 103 Å². The Morgan fingerprint density at radius 2 is 0.964 bits per heavy atom. The molecule has 28 heavy (non-hydrogen) atoms. The van der Waals surface area contributed by atoms with Gasteiger partial charge in [0.15, 0.2) is 0 Å². The second-order valence-corrected chi connectivity index (χ2v) is 8.58. The van der Waals surface area contributed by atoms with E-state index in [1.54, 1.807) is 0 Å². The summed E-state index contributed by atoms with van der Waals surface area (Å²) in [5, 5.41) is 9.58. The Kier molecular flexibility index (Phi) is 7.58. The summed E-state index contributed by atoms with van der Waals surface area (Å²) in [7, 11) is -0.540. The number of benzene rings is 3. The van der Waals surface area contributed by atoms with E-state index in [9.17, 15) is 0 Å². The molecule has 4 heteroatoms. The Labute approximate surface area is 183 Å². The van der Waals surface area contributed by atoms with Crippen molar-refractivity contribution in [1.29, 1.82) is 0 Å². The van der Waals surface area contributed by atoms with Crippen LogP contribution in [0.4, 0.5) is 0 Å². The van der Waals surface area contributed by atoms with E-state index in [4.69, 9.17) is 0 Å². The zero-order valence-corrected chi connectivity index (χ0v) is 18.4. The first-order valence-corrected chi connectivity index (χ1v) is 9.89. The Morgan fingerprint density at radius 3 is 1.43 bits per heavy atom. The van der Waals surface area contributed by atoms with Crippen molar-refractivity contribution in [2.24, 2.45) is 0 Å². The minimum absolute atomic E-state index is 0. The smallest absolute Gasteiger partial charge is 1.00 e. The maximum Gasteiger partial charge on any atom is 4.00 e. The molecule has 0 nitrogen and oxygen atoms in total. The fourth-order valence-corrected chi connectivity index (χ4v) is 5.99. The van der Waals surface area contributed by atoms with Gasteiger partial charge in [-0.25, -0.2) is 0 Å². The van der Waals surface area contributed by atoms with Gasteiger partial charge in [-0.1, -0.05) is 50.4 Å². The third-order valence-electron chi connectivity index (χ3n) is 4.74. The van der Waals surface area contributed by atoms with Crippen molar-refractivity contribution < 1.29 is 35.6 Å². The topological polar surface area (TPSA) is 0 Å². The summed E-state index contributed by atoms with van der Waals surface area (Å²) in [6.45, 7) is 0. The molecule has 0 unspecified atom stereocenters. The zero-order valence-electron chi connectivity index (χ0n) is 15.0. The summed E-state index contributed by atoms with van der Waals surface area (Å²) in [5.74, 6) is 0. The van der Waals surface area contributed by atoms with E-state index in [2.05, 4.69) is 103 Å². The molecular formula is C24H17F2PZr. The van der Waals surface area contributed by atoms with Crippen molar-refractivity contribution in [2.45, 2.75) is 0 Å². The van der Waals surface area contributed by atoms with Gasteiger partial charge >= 0.3 is 26.2 Å². The molecule has 0 amide bonds. The van der Waals surface area contributed by atoms with Gasteiger partial charge in [0.2, 0.25) is 0 Å². The second-order valence-electron chi connectivity index (χ2n) is 6.36. The van der Waals surface area contributed by atoms with Crippen LogP contribution in [-0.2, 0) is 26.2 Å². The van der Waals surface area contributed by atoms with Crippen LogP contribution < -0.4 is 25.3 Å². The molecule has 0 bridgehead atoms. The van der Waals surface area contributed by atoms with Crippen LogP contribution in [0.1, 0.15) is 0 Å². The summed E-state index contributed by atoms with van der Waals surface area (Å²) in [6, 6.07) is 37.7. The summed E-state index contributed by atoms with van der Waals surface area (Å²) >= 11 is 0. The van der Waals surface area contributed by atoms with Crippen LogP contribution in [0.25, 0.3) is 21.5 Å². The number of hydrogen-bond acceptors (Lipinski definition) is 0. The van der Waals surface area contributed by atoms with E-state index in [0.29, 0.717) is 0 Å². The Hall–Kier alpha value is -1.95. The third kappa shape index (κ3) is 4.07. The number of fused-ring (bicyclic) bond motifs is 2. The van der Waals surface area contributed by atoms with Crippen LogP contribution in [0.5, 0.6) is 0 Å². The monoisotopic (exact) mass is 464 g/mol. The molecule has 0 aliphatic heterocycles. The van der Waals surface area contributed by atoms with Crippen LogP contribution >= 0.6 is 7.92 Å². The predicted octanol–water partition coefficient (Wildman–Crippen LogP) is -0.805. The van der Waals surface area contributed by atoms with Crippen LogP contribution in [0.15, 0.2) is 103 Å². The minimum atomic E-state index is -0.540. The largest absolute Gasteiger partial charge is 4.00 e. The van der Waals surface area contributed by atoms with Crippen LogP contribution in [0.3, 0.4) is 0 Å². The van der Waals surface area contributed by atoms with E-state index >= 15 is 0 Å². The van der Waals surface area contributed by atoms with Gasteiger partial charge in [-0.3, -0.25) is 0 Å². The van der Waals surface area contributed by atoms with E-state index in [1.807, 2.05) is 0 Å². The summed E-state index contributed by atoms with van der Waals surface area (Å²) in [5.41, 5.74) is 0. The van der Waals surface area contributed by atoms with Gasteiger partial charge in [0.25, 0.3) is 0 Å². The molecule has 0 N–H and O–H groups in total. The number of hydrogen-bond donors (Lipinski definition) is 0. The maximum atomic E-state index is 2.37. The first-order chi connectivity index (χ1) is 12.4. The van der Waals surface area contributed by atoms with Gasteiger partial charge < -0.3 is 9.41 Å². The Balaban J connectivity index is 0.000000934. The fraction of sp³-hybridized carbons (Fsp3) is 0. The molecule has 5 aromatic rings. The molecule has 0 heterocycles. The molecule has 0 fully saturated rings. The third-order valence-corrected chi connectivity index (χ3v) is 7.10. The molecule has 0 radical (unpaired) electrons. The molecule has 0 aliphatic rings. The van der Waals surface area contributed by atoms with E-state index in [0.717, 1.165) is 0 Å². The Bertz CT molecular complexity index is 1020. The van der Waals surface area contributed by atoms with Crippen LogP contribution in [0.2, 0.25) is 0 Å². The normalized spacial score (nSPS) is 10.3. The van der Waals surface area contributed by atoms with Crippen molar-refractivity contribution in [3.63, 3.8) is 0 Å². The molecule has 0 aromatic heterocycles. The summed E-state index contributed by atoms with van der Waals surface area (Å²) in [6.07, 6.45) is 0. The van der Waals surface area contributed by atoms with E-state index in [1.165, 1.54) is 37.5 Å². The number of halogens is 2. The molecule has 5 rings (SSSR count). The summed E-state index contributed by atoms with van der Waals surface area (Å²) in [4.78, 5) is 0. The average Bonchev–Trinajstić information content (AvgIpc) is 3.26. The molecule has 136 valence electrons. The van der Waals surface area contributed by atoms with Gasteiger partial charge in [0, 0.05) is 0 Å².